The number of hydrogen-bond donors (Lipinski definition) is 0. The summed E-state index contributed by atoms with van der Waals surface area (Å²) < 4.78 is 1.97. The Bertz CT molecular complexity index is 594. The van der Waals surface area contributed by atoms with E-state index in [0.29, 0.717) is 0 Å². The van der Waals surface area contributed by atoms with Crippen molar-refractivity contribution >= 4 is 17.6 Å². The highest BCUT2D eigenvalue weighted by atomic mass is 16.2. The van der Waals surface area contributed by atoms with Crippen LogP contribution in [0.4, 0.5) is 0 Å². The topological polar surface area (TPSA) is 37.6 Å². The minimum Gasteiger partial charge on any atom is -0.339 e. The number of nitrogens with zero attached hydrogens (tertiary/aromatic N) is 3. The van der Waals surface area contributed by atoms with Crippen LogP contribution in [0.15, 0.2) is 36.7 Å². The molecule has 3 rings (SSSR count). The smallest absolute Gasteiger partial charge is 0.246 e. The molecule has 0 aliphatic carbocycles. The third-order valence-corrected chi connectivity index (χ3v) is 3.26. The summed E-state index contributed by atoms with van der Waals surface area (Å²) in [5.74, 6) is 0.0957. The van der Waals surface area contributed by atoms with Crippen LogP contribution in [0.1, 0.15) is 18.5 Å². The van der Waals surface area contributed by atoms with Crippen molar-refractivity contribution in [3.8, 4) is 0 Å². The number of imidazole rings is 1. The van der Waals surface area contributed by atoms with Crippen LogP contribution in [0.25, 0.3) is 11.7 Å². The molecule has 0 aromatic carbocycles. The van der Waals surface area contributed by atoms with Gasteiger partial charge in [-0.1, -0.05) is 6.07 Å². The maximum atomic E-state index is 11.9. The molecule has 1 saturated heterocycles. The third-order valence-electron chi connectivity index (χ3n) is 3.26. The minimum atomic E-state index is 0.0957. The molecule has 4 nitrogen and oxygen atoms in total. The predicted octanol–water partition coefficient (Wildman–Crippen LogP) is 1.97. The van der Waals surface area contributed by atoms with Gasteiger partial charge in [0, 0.05) is 25.4 Å². The van der Waals surface area contributed by atoms with E-state index >= 15 is 0 Å². The van der Waals surface area contributed by atoms with Crippen molar-refractivity contribution in [3.05, 3.63) is 42.4 Å². The number of rotatable bonds is 2. The normalized spacial score (nSPS) is 15.9. The molecule has 1 fully saturated rings. The Labute approximate surface area is 106 Å². The fraction of sp³-hybridized carbons (Fsp3) is 0.286. The second-order valence-electron chi connectivity index (χ2n) is 4.48. The van der Waals surface area contributed by atoms with Gasteiger partial charge in [-0.25, -0.2) is 4.98 Å². The number of hydrogen-bond acceptors (Lipinski definition) is 2. The number of fused-ring (bicyclic) bond motifs is 1. The first-order valence-electron chi connectivity index (χ1n) is 6.24. The van der Waals surface area contributed by atoms with Crippen LogP contribution in [-0.2, 0) is 4.79 Å². The number of likely N-dealkylation sites (tertiary alicyclic amines) is 1. The number of aromatic nitrogens is 2. The SMILES string of the molecule is O=C(/C=C/c1cnc2ccccn12)N1CCCC1. The second-order valence-corrected chi connectivity index (χ2v) is 4.48. The van der Waals surface area contributed by atoms with Crippen molar-refractivity contribution < 1.29 is 4.79 Å². The zero-order valence-electron chi connectivity index (χ0n) is 10.1. The lowest BCUT2D eigenvalue weighted by Crippen LogP contribution is -2.25. The Morgan fingerprint density at radius 1 is 1.28 bits per heavy atom. The molecule has 1 aliphatic heterocycles. The second kappa shape index (κ2) is 4.64. The number of carbonyl (C=O) groups excluding carboxylic acids is 1. The Morgan fingerprint density at radius 3 is 2.94 bits per heavy atom. The van der Waals surface area contributed by atoms with E-state index in [1.54, 1.807) is 12.3 Å². The molecule has 0 spiro atoms. The van der Waals surface area contributed by atoms with Gasteiger partial charge in [-0.05, 0) is 31.1 Å². The van der Waals surface area contributed by atoms with Crippen LogP contribution in [0.2, 0.25) is 0 Å². The molecular weight excluding hydrogens is 226 g/mol. The first-order chi connectivity index (χ1) is 8.84. The molecule has 0 unspecified atom stereocenters. The predicted molar refractivity (Wildman–Crippen MR) is 70.0 cm³/mol. The summed E-state index contributed by atoms with van der Waals surface area (Å²) in [6.07, 6.45) is 9.44. The molecule has 1 amide bonds. The van der Waals surface area contributed by atoms with Gasteiger partial charge < -0.3 is 9.30 Å². The van der Waals surface area contributed by atoms with Crippen molar-refractivity contribution in [2.24, 2.45) is 0 Å². The van der Waals surface area contributed by atoms with E-state index in [-0.39, 0.29) is 5.91 Å². The molecule has 4 heteroatoms. The average Bonchev–Trinajstić information content (AvgIpc) is 3.06. The van der Waals surface area contributed by atoms with Gasteiger partial charge in [0.25, 0.3) is 0 Å². The van der Waals surface area contributed by atoms with Gasteiger partial charge >= 0.3 is 0 Å². The van der Waals surface area contributed by atoms with Crippen LogP contribution in [0.5, 0.6) is 0 Å². The van der Waals surface area contributed by atoms with Gasteiger partial charge in [-0.3, -0.25) is 4.79 Å². The zero-order chi connectivity index (χ0) is 12.4. The number of amides is 1. The first-order valence-corrected chi connectivity index (χ1v) is 6.24. The quantitative estimate of drug-likeness (QED) is 0.754. The monoisotopic (exact) mass is 241 g/mol. The van der Waals surface area contributed by atoms with E-state index in [1.807, 2.05) is 39.8 Å². The van der Waals surface area contributed by atoms with Crippen molar-refractivity contribution in [2.75, 3.05) is 13.1 Å². The summed E-state index contributed by atoms with van der Waals surface area (Å²) in [4.78, 5) is 18.1. The average molecular weight is 241 g/mol. The van der Waals surface area contributed by atoms with Gasteiger partial charge in [-0.2, -0.15) is 0 Å². The molecule has 92 valence electrons. The highest BCUT2D eigenvalue weighted by Gasteiger charge is 2.15. The lowest BCUT2D eigenvalue weighted by atomic mass is 10.3. The number of pyridine rings is 1. The largest absolute Gasteiger partial charge is 0.339 e. The van der Waals surface area contributed by atoms with E-state index in [4.69, 9.17) is 0 Å². The molecule has 0 atom stereocenters. The van der Waals surface area contributed by atoms with E-state index in [9.17, 15) is 4.79 Å². The standard InChI is InChI=1S/C14H15N3O/c18-14(16-8-3-4-9-16)7-6-12-11-15-13-5-1-2-10-17(12)13/h1-2,5-7,10-11H,3-4,8-9H2/b7-6+. The van der Waals surface area contributed by atoms with E-state index in [0.717, 1.165) is 37.3 Å². The molecule has 1 aliphatic rings. The molecular formula is C14H15N3O. The summed E-state index contributed by atoms with van der Waals surface area (Å²) >= 11 is 0. The summed E-state index contributed by atoms with van der Waals surface area (Å²) in [5.41, 5.74) is 1.82. The van der Waals surface area contributed by atoms with Gasteiger partial charge in [0.05, 0.1) is 11.9 Å². The number of carbonyl (C=O) groups is 1. The van der Waals surface area contributed by atoms with Gasteiger partial charge in [0.15, 0.2) is 0 Å². The Kier molecular flexibility index (Phi) is 2.84. The Balaban J connectivity index is 1.81. The maximum absolute atomic E-state index is 11.9. The molecule has 2 aromatic rings. The van der Waals surface area contributed by atoms with Gasteiger partial charge in [0.2, 0.25) is 5.91 Å². The first kappa shape index (κ1) is 11.0. The fourth-order valence-electron chi connectivity index (χ4n) is 2.28. The minimum absolute atomic E-state index is 0.0957. The summed E-state index contributed by atoms with van der Waals surface area (Å²) in [6, 6.07) is 5.85. The highest BCUT2D eigenvalue weighted by Crippen LogP contribution is 2.10. The van der Waals surface area contributed by atoms with Crippen LogP contribution in [0.3, 0.4) is 0 Å². The summed E-state index contributed by atoms with van der Waals surface area (Å²) in [6.45, 7) is 1.77. The molecule has 0 bridgehead atoms. The lowest BCUT2D eigenvalue weighted by Gasteiger charge is -2.11. The Morgan fingerprint density at radius 2 is 2.11 bits per heavy atom. The fourth-order valence-corrected chi connectivity index (χ4v) is 2.28. The summed E-state index contributed by atoms with van der Waals surface area (Å²) in [5, 5.41) is 0. The van der Waals surface area contributed by atoms with E-state index in [1.165, 1.54) is 0 Å². The molecule has 0 radical (unpaired) electrons. The van der Waals surface area contributed by atoms with E-state index in [2.05, 4.69) is 4.98 Å². The lowest BCUT2D eigenvalue weighted by molar-refractivity contribution is -0.124. The van der Waals surface area contributed by atoms with Crippen LogP contribution >= 0.6 is 0 Å². The van der Waals surface area contributed by atoms with E-state index < -0.39 is 0 Å². The van der Waals surface area contributed by atoms with Crippen molar-refractivity contribution in [3.63, 3.8) is 0 Å². The maximum Gasteiger partial charge on any atom is 0.246 e. The van der Waals surface area contributed by atoms with Gasteiger partial charge in [0.1, 0.15) is 5.65 Å². The highest BCUT2D eigenvalue weighted by molar-refractivity contribution is 5.91. The zero-order valence-corrected chi connectivity index (χ0v) is 10.1. The van der Waals surface area contributed by atoms with Crippen LogP contribution in [0, 0.1) is 0 Å². The Hall–Kier alpha value is -2.10. The molecule has 3 heterocycles. The molecule has 18 heavy (non-hydrogen) atoms. The van der Waals surface area contributed by atoms with Crippen LogP contribution in [-0.4, -0.2) is 33.3 Å². The van der Waals surface area contributed by atoms with Crippen LogP contribution < -0.4 is 0 Å². The third kappa shape index (κ3) is 2.01. The molecule has 2 aromatic heterocycles. The van der Waals surface area contributed by atoms with Gasteiger partial charge in [-0.15, -0.1) is 0 Å². The molecule has 0 saturated carbocycles. The summed E-state index contributed by atoms with van der Waals surface area (Å²) in [7, 11) is 0. The molecule has 0 N–H and O–H groups in total. The van der Waals surface area contributed by atoms with Crippen molar-refractivity contribution in [1.29, 1.82) is 0 Å². The van der Waals surface area contributed by atoms with Crippen molar-refractivity contribution in [2.45, 2.75) is 12.8 Å². The van der Waals surface area contributed by atoms with Crippen molar-refractivity contribution in [1.82, 2.24) is 14.3 Å².